The average molecular weight is 293 g/mol. The van der Waals surface area contributed by atoms with Crippen LogP contribution in [0.3, 0.4) is 0 Å². The number of hydrogen-bond acceptors (Lipinski definition) is 3. The second kappa shape index (κ2) is 6.54. The largest absolute Gasteiger partial charge is 0.497 e. The van der Waals surface area contributed by atoms with Gasteiger partial charge in [-0.3, -0.25) is 0 Å². The maximum atomic E-state index is 13.8. The Morgan fingerprint density at radius 3 is 2.29 bits per heavy atom. The van der Waals surface area contributed by atoms with E-state index in [1.807, 2.05) is 0 Å². The molecule has 0 spiro atoms. The zero-order valence-electron chi connectivity index (χ0n) is 11.9. The number of ether oxygens (including phenoxy) is 2. The summed E-state index contributed by atoms with van der Waals surface area (Å²) in [6, 6.07) is 8.53. The van der Waals surface area contributed by atoms with Gasteiger partial charge in [0.2, 0.25) is 0 Å². The van der Waals surface area contributed by atoms with Gasteiger partial charge in [-0.2, -0.15) is 0 Å². The SMILES string of the molecule is COc1ccc(COc2ccc([C@H](C)N)c(F)c2)c(F)c1. The van der Waals surface area contributed by atoms with Crippen LogP contribution in [0.15, 0.2) is 36.4 Å². The van der Waals surface area contributed by atoms with Crippen molar-refractivity contribution < 1.29 is 18.3 Å². The van der Waals surface area contributed by atoms with E-state index in [-0.39, 0.29) is 6.61 Å². The summed E-state index contributed by atoms with van der Waals surface area (Å²) in [6.45, 7) is 1.71. The van der Waals surface area contributed by atoms with E-state index in [2.05, 4.69) is 0 Å². The molecule has 3 nitrogen and oxygen atoms in total. The number of rotatable bonds is 5. The van der Waals surface area contributed by atoms with Gasteiger partial charge >= 0.3 is 0 Å². The van der Waals surface area contributed by atoms with Crippen molar-refractivity contribution in [3.63, 3.8) is 0 Å². The third-order valence-corrected chi connectivity index (χ3v) is 3.12. The van der Waals surface area contributed by atoms with Gasteiger partial charge in [-0.25, -0.2) is 8.78 Å². The monoisotopic (exact) mass is 293 g/mol. The first-order valence-corrected chi connectivity index (χ1v) is 6.51. The van der Waals surface area contributed by atoms with Crippen LogP contribution in [0.5, 0.6) is 11.5 Å². The highest BCUT2D eigenvalue weighted by molar-refractivity contribution is 5.32. The third-order valence-electron chi connectivity index (χ3n) is 3.12. The van der Waals surface area contributed by atoms with Gasteiger partial charge in [0.15, 0.2) is 0 Å². The molecule has 0 radical (unpaired) electrons. The van der Waals surface area contributed by atoms with Crippen LogP contribution in [-0.2, 0) is 6.61 Å². The number of nitrogens with two attached hydrogens (primary N) is 1. The minimum Gasteiger partial charge on any atom is -0.497 e. The van der Waals surface area contributed by atoms with Crippen molar-refractivity contribution in [3.8, 4) is 11.5 Å². The van der Waals surface area contributed by atoms with Crippen LogP contribution in [-0.4, -0.2) is 7.11 Å². The summed E-state index contributed by atoms with van der Waals surface area (Å²) in [6.07, 6.45) is 0. The van der Waals surface area contributed by atoms with E-state index >= 15 is 0 Å². The average Bonchev–Trinajstić information content (AvgIpc) is 2.45. The molecule has 2 N–H and O–H groups in total. The topological polar surface area (TPSA) is 44.5 Å². The van der Waals surface area contributed by atoms with Crippen LogP contribution in [0.4, 0.5) is 8.78 Å². The first-order chi connectivity index (χ1) is 10.0. The maximum absolute atomic E-state index is 13.8. The standard InChI is InChI=1S/C16H17F2NO2/c1-10(19)14-6-5-13(8-16(14)18)21-9-11-3-4-12(20-2)7-15(11)17/h3-8,10H,9,19H2,1-2H3/t10-/m0/s1. The van der Waals surface area contributed by atoms with Gasteiger partial charge in [0.05, 0.1) is 7.11 Å². The van der Waals surface area contributed by atoms with Crippen molar-refractivity contribution in [2.24, 2.45) is 5.73 Å². The Hall–Kier alpha value is -2.14. The lowest BCUT2D eigenvalue weighted by atomic mass is 10.1. The molecular weight excluding hydrogens is 276 g/mol. The Labute approximate surface area is 122 Å². The molecule has 2 aromatic carbocycles. The van der Waals surface area contributed by atoms with Crippen molar-refractivity contribution in [2.75, 3.05) is 7.11 Å². The van der Waals surface area contributed by atoms with Crippen molar-refractivity contribution >= 4 is 0 Å². The molecular formula is C16H17F2NO2. The molecule has 5 heteroatoms. The molecule has 2 rings (SSSR count). The Balaban J connectivity index is 2.08. The minimum atomic E-state index is -0.433. The molecule has 0 fully saturated rings. The number of benzene rings is 2. The number of halogens is 2. The van der Waals surface area contributed by atoms with E-state index in [9.17, 15) is 8.78 Å². The molecule has 0 unspecified atom stereocenters. The molecule has 0 aromatic heterocycles. The summed E-state index contributed by atoms with van der Waals surface area (Å²) >= 11 is 0. The fourth-order valence-electron chi connectivity index (χ4n) is 1.90. The molecule has 112 valence electrons. The van der Waals surface area contributed by atoms with E-state index < -0.39 is 17.7 Å². The highest BCUT2D eigenvalue weighted by Gasteiger charge is 2.09. The van der Waals surface area contributed by atoms with Gasteiger partial charge < -0.3 is 15.2 Å². The predicted molar refractivity (Wildman–Crippen MR) is 76.3 cm³/mol. The summed E-state index contributed by atoms with van der Waals surface area (Å²) in [4.78, 5) is 0. The molecule has 0 amide bonds. The third kappa shape index (κ3) is 3.70. The zero-order chi connectivity index (χ0) is 15.4. The summed E-state index contributed by atoms with van der Waals surface area (Å²) < 4.78 is 37.8. The Morgan fingerprint density at radius 1 is 1.05 bits per heavy atom. The van der Waals surface area contributed by atoms with Crippen molar-refractivity contribution in [1.82, 2.24) is 0 Å². The van der Waals surface area contributed by atoms with E-state index in [0.717, 1.165) is 0 Å². The van der Waals surface area contributed by atoms with E-state index in [1.165, 1.54) is 19.2 Å². The molecule has 0 aliphatic carbocycles. The lowest BCUT2D eigenvalue weighted by Gasteiger charge is -2.11. The van der Waals surface area contributed by atoms with Crippen LogP contribution in [0.25, 0.3) is 0 Å². The van der Waals surface area contributed by atoms with Gasteiger partial charge in [0.25, 0.3) is 0 Å². The van der Waals surface area contributed by atoms with Crippen molar-refractivity contribution in [1.29, 1.82) is 0 Å². The predicted octanol–water partition coefficient (Wildman–Crippen LogP) is 3.57. The first kappa shape index (κ1) is 15.3. The van der Waals surface area contributed by atoms with Crippen LogP contribution < -0.4 is 15.2 Å². The number of hydrogen-bond donors (Lipinski definition) is 1. The lowest BCUT2D eigenvalue weighted by molar-refractivity contribution is 0.297. The van der Waals surface area contributed by atoms with Gasteiger partial charge in [-0.1, -0.05) is 6.07 Å². The van der Waals surface area contributed by atoms with E-state index in [4.69, 9.17) is 15.2 Å². The van der Waals surface area contributed by atoms with E-state index in [1.54, 1.807) is 31.2 Å². The molecule has 0 saturated heterocycles. The highest BCUT2D eigenvalue weighted by Crippen LogP contribution is 2.22. The van der Waals surface area contributed by atoms with Crippen molar-refractivity contribution in [3.05, 3.63) is 59.2 Å². The molecule has 0 bridgehead atoms. The Kier molecular flexibility index (Phi) is 4.75. The Bertz CT molecular complexity index is 630. The summed E-state index contributed by atoms with van der Waals surface area (Å²) in [5.74, 6) is -0.101. The fraction of sp³-hybridized carbons (Fsp3) is 0.250. The van der Waals surface area contributed by atoms with Gasteiger partial charge in [0.1, 0.15) is 29.7 Å². The van der Waals surface area contributed by atoms with E-state index in [0.29, 0.717) is 22.6 Å². The molecule has 0 aliphatic heterocycles. The van der Waals surface area contributed by atoms with Gasteiger partial charge in [0, 0.05) is 29.3 Å². The lowest BCUT2D eigenvalue weighted by Crippen LogP contribution is -2.07. The molecule has 0 heterocycles. The maximum Gasteiger partial charge on any atom is 0.133 e. The van der Waals surface area contributed by atoms with Gasteiger partial charge in [-0.05, 0) is 25.1 Å². The molecule has 0 saturated carbocycles. The van der Waals surface area contributed by atoms with Crippen LogP contribution >= 0.6 is 0 Å². The molecule has 2 aromatic rings. The van der Waals surface area contributed by atoms with Crippen molar-refractivity contribution in [2.45, 2.75) is 19.6 Å². The molecule has 21 heavy (non-hydrogen) atoms. The Morgan fingerprint density at radius 2 is 1.71 bits per heavy atom. The quantitative estimate of drug-likeness (QED) is 0.916. The van der Waals surface area contributed by atoms with Crippen LogP contribution in [0, 0.1) is 11.6 Å². The highest BCUT2D eigenvalue weighted by atomic mass is 19.1. The summed E-state index contributed by atoms with van der Waals surface area (Å²) in [5, 5.41) is 0. The molecule has 0 aliphatic rings. The van der Waals surface area contributed by atoms with Crippen LogP contribution in [0.2, 0.25) is 0 Å². The van der Waals surface area contributed by atoms with Gasteiger partial charge in [-0.15, -0.1) is 0 Å². The normalized spacial score (nSPS) is 12.0. The number of methoxy groups -OCH3 is 1. The van der Waals surface area contributed by atoms with Crippen LogP contribution in [0.1, 0.15) is 24.1 Å². The summed E-state index contributed by atoms with van der Waals surface area (Å²) in [5.41, 5.74) is 6.42. The first-order valence-electron chi connectivity index (χ1n) is 6.51. The smallest absolute Gasteiger partial charge is 0.133 e. The second-order valence-corrected chi connectivity index (χ2v) is 4.72. The minimum absolute atomic E-state index is 0.00674. The summed E-state index contributed by atoms with van der Waals surface area (Å²) in [7, 11) is 1.47. The fourth-order valence-corrected chi connectivity index (χ4v) is 1.90. The zero-order valence-corrected chi connectivity index (χ0v) is 11.9. The second-order valence-electron chi connectivity index (χ2n) is 4.72. The molecule has 1 atom stereocenters.